The average molecular weight is 546 g/mol. The molecule has 1 amide bonds. The van der Waals surface area contributed by atoms with Crippen LogP contribution in [0.1, 0.15) is 18.2 Å². The molecule has 7 heteroatoms. The summed E-state index contributed by atoms with van der Waals surface area (Å²) < 4.78 is 18.7. The molecule has 0 aliphatic carbocycles. The largest absolute Gasteiger partial charge is 1.00 e. The molecule has 0 aliphatic rings. The Labute approximate surface area is 205 Å². The molecular weight excluding hydrogens is 519 g/mol. The third-order valence-electron chi connectivity index (χ3n) is 4.55. The number of aromatic nitrogens is 1. The number of carbonyl (C=O) groups excluding carboxylic acids is 1. The Morgan fingerprint density at radius 3 is 2.50 bits per heavy atom. The summed E-state index contributed by atoms with van der Waals surface area (Å²) in [5, 5.41) is 2.80. The molecule has 0 aliphatic heterocycles. The van der Waals surface area contributed by atoms with Crippen molar-refractivity contribution in [2.75, 3.05) is 25.6 Å². The molecule has 0 saturated heterocycles. The van der Waals surface area contributed by atoms with E-state index < -0.39 is 0 Å². The molecule has 2 aromatic carbocycles. The van der Waals surface area contributed by atoms with Crippen molar-refractivity contribution in [3.05, 3.63) is 78.1 Å². The minimum absolute atomic E-state index is 0. The van der Waals surface area contributed by atoms with E-state index in [1.54, 1.807) is 19.2 Å². The number of ether oxygens (including phenoxy) is 3. The van der Waals surface area contributed by atoms with Gasteiger partial charge >= 0.3 is 0 Å². The van der Waals surface area contributed by atoms with Crippen LogP contribution in [0.5, 0.6) is 17.2 Å². The van der Waals surface area contributed by atoms with Crippen molar-refractivity contribution in [2.24, 2.45) is 7.05 Å². The predicted molar refractivity (Wildman–Crippen MR) is 121 cm³/mol. The van der Waals surface area contributed by atoms with Gasteiger partial charge in [-0.15, -0.1) is 0 Å². The summed E-state index contributed by atoms with van der Waals surface area (Å²) in [6, 6.07) is 18.9. The van der Waals surface area contributed by atoms with Gasteiger partial charge in [-0.25, -0.2) is 4.57 Å². The van der Waals surface area contributed by atoms with Crippen molar-refractivity contribution in [3.63, 3.8) is 0 Å². The molecule has 0 radical (unpaired) electrons. The lowest BCUT2D eigenvalue weighted by molar-refractivity contribution is -0.673. The van der Waals surface area contributed by atoms with E-state index in [2.05, 4.69) is 5.32 Å². The molecule has 3 rings (SSSR count). The number of anilines is 1. The van der Waals surface area contributed by atoms with Gasteiger partial charge in [0.05, 0.1) is 19.4 Å². The van der Waals surface area contributed by atoms with Gasteiger partial charge in [0.25, 0.3) is 5.91 Å². The highest BCUT2D eigenvalue weighted by Crippen LogP contribution is 2.29. The number of halogens is 1. The molecule has 0 fully saturated rings. The summed E-state index contributed by atoms with van der Waals surface area (Å²) in [6.07, 6.45) is 6.04. The van der Waals surface area contributed by atoms with Crippen LogP contribution >= 0.6 is 0 Å². The summed E-state index contributed by atoms with van der Waals surface area (Å²) in [7, 11) is 3.56. The third-order valence-corrected chi connectivity index (χ3v) is 4.55. The number of carbonyl (C=O) groups is 1. The fourth-order valence-electron chi connectivity index (χ4n) is 2.98. The summed E-state index contributed by atoms with van der Waals surface area (Å²) in [5.74, 6) is 1.41. The Hall–Kier alpha value is -3.07. The van der Waals surface area contributed by atoms with Gasteiger partial charge in [-0.1, -0.05) is 18.2 Å². The summed E-state index contributed by atoms with van der Waals surface area (Å²) in [6.45, 7) is 2.25. The summed E-state index contributed by atoms with van der Waals surface area (Å²) in [4.78, 5) is 12.3. The van der Waals surface area contributed by atoms with Crippen LogP contribution in [0, 0.1) is 0 Å². The highest BCUT2D eigenvalue weighted by Gasteiger charge is 2.11. The zero-order valence-corrected chi connectivity index (χ0v) is 20.5. The second-order valence-corrected chi connectivity index (χ2v) is 6.75. The second kappa shape index (κ2) is 12.7. The normalized spacial score (nSPS) is 10.3. The predicted octanol–water partition coefficient (Wildman–Crippen LogP) is 1.11. The first kappa shape index (κ1) is 25.2. The van der Waals surface area contributed by atoms with Crippen LogP contribution in [0.25, 0.3) is 12.2 Å². The van der Waals surface area contributed by atoms with Crippen molar-refractivity contribution in [1.29, 1.82) is 0 Å². The van der Waals surface area contributed by atoms with Gasteiger partial charge in [0.2, 0.25) is 5.69 Å². The standard InChI is InChI=1S/C25H26N2O4.HI/c1-4-30-24-17-19(12-14-20-9-7-8-16-27(20)2)13-15-23(24)31-18-25(28)26-21-10-5-6-11-22(21)29-3;/h5-17H,4,18H2,1-3H3;1H/b14-12+;. The Bertz CT molecular complexity index is 1070. The van der Waals surface area contributed by atoms with Crippen LogP contribution in [-0.2, 0) is 11.8 Å². The van der Waals surface area contributed by atoms with E-state index in [1.807, 2.05) is 85.4 Å². The summed E-state index contributed by atoms with van der Waals surface area (Å²) in [5.41, 5.74) is 2.64. The molecule has 6 nitrogen and oxygen atoms in total. The smallest absolute Gasteiger partial charge is 0.262 e. The minimum atomic E-state index is -0.285. The lowest BCUT2D eigenvalue weighted by Crippen LogP contribution is -3.00. The molecule has 0 spiro atoms. The molecule has 3 aromatic rings. The maximum atomic E-state index is 12.3. The van der Waals surface area contributed by atoms with E-state index in [-0.39, 0.29) is 36.5 Å². The lowest BCUT2D eigenvalue weighted by atomic mass is 10.1. The Morgan fingerprint density at radius 1 is 0.969 bits per heavy atom. The van der Waals surface area contributed by atoms with Gasteiger partial charge in [-0.2, -0.15) is 0 Å². The molecule has 0 unspecified atom stereocenters. The van der Waals surface area contributed by atoms with E-state index in [1.165, 1.54) is 0 Å². The van der Waals surface area contributed by atoms with Crippen molar-refractivity contribution in [1.82, 2.24) is 0 Å². The van der Waals surface area contributed by atoms with E-state index in [4.69, 9.17) is 14.2 Å². The molecule has 32 heavy (non-hydrogen) atoms. The van der Waals surface area contributed by atoms with Crippen molar-refractivity contribution < 1.29 is 47.5 Å². The average Bonchev–Trinajstić information content (AvgIpc) is 2.78. The van der Waals surface area contributed by atoms with Gasteiger partial charge in [0, 0.05) is 18.2 Å². The topological polar surface area (TPSA) is 60.7 Å². The third kappa shape index (κ3) is 6.98. The fraction of sp³-hybridized carbons (Fsp3) is 0.200. The quantitative estimate of drug-likeness (QED) is 0.323. The van der Waals surface area contributed by atoms with Crippen LogP contribution in [-0.4, -0.2) is 26.2 Å². The van der Waals surface area contributed by atoms with Gasteiger partial charge in [0.1, 0.15) is 12.8 Å². The first-order valence-corrected chi connectivity index (χ1v) is 10.1. The lowest BCUT2D eigenvalue weighted by Gasteiger charge is -2.13. The SMILES string of the molecule is CCOc1cc(/C=C/c2cccc[n+]2C)ccc1OCC(=O)Nc1ccccc1OC.[I-]. The molecule has 1 aromatic heterocycles. The number of aryl methyl sites for hydroxylation is 1. The number of rotatable bonds is 9. The zero-order valence-electron chi connectivity index (χ0n) is 18.4. The number of nitrogens with zero attached hydrogens (tertiary/aromatic N) is 1. The molecule has 0 saturated carbocycles. The van der Waals surface area contributed by atoms with Crippen LogP contribution < -0.4 is 48.1 Å². The Balaban J connectivity index is 0.00000363. The van der Waals surface area contributed by atoms with Crippen LogP contribution in [0.15, 0.2) is 66.9 Å². The van der Waals surface area contributed by atoms with Crippen LogP contribution in [0.3, 0.4) is 0 Å². The van der Waals surface area contributed by atoms with E-state index in [0.29, 0.717) is 29.5 Å². The van der Waals surface area contributed by atoms with Crippen LogP contribution in [0.4, 0.5) is 5.69 Å². The Kier molecular flexibility index (Phi) is 10.0. The van der Waals surface area contributed by atoms with Gasteiger partial charge in [0.15, 0.2) is 24.3 Å². The fourth-order valence-corrected chi connectivity index (χ4v) is 2.98. The number of pyridine rings is 1. The van der Waals surface area contributed by atoms with E-state index in [9.17, 15) is 4.79 Å². The number of para-hydroxylation sites is 2. The number of benzene rings is 2. The van der Waals surface area contributed by atoms with Crippen molar-refractivity contribution in [3.8, 4) is 17.2 Å². The molecule has 0 bridgehead atoms. The summed E-state index contributed by atoms with van der Waals surface area (Å²) >= 11 is 0. The molecule has 1 N–H and O–H groups in total. The number of methoxy groups -OCH3 is 1. The van der Waals surface area contributed by atoms with Crippen molar-refractivity contribution >= 4 is 23.7 Å². The minimum Gasteiger partial charge on any atom is -1.00 e. The first-order chi connectivity index (χ1) is 15.1. The Morgan fingerprint density at radius 2 is 1.75 bits per heavy atom. The van der Waals surface area contributed by atoms with Gasteiger partial charge < -0.3 is 43.5 Å². The molecule has 168 valence electrons. The monoisotopic (exact) mass is 546 g/mol. The maximum Gasteiger partial charge on any atom is 0.262 e. The second-order valence-electron chi connectivity index (χ2n) is 6.75. The zero-order chi connectivity index (χ0) is 22.1. The molecule has 0 atom stereocenters. The number of amides is 1. The molecular formula is C25H27IN2O4. The highest BCUT2D eigenvalue weighted by atomic mass is 127. The molecule has 1 heterocycles. The number of hydrogen-bond donors (Lipinski definition) is 1. The van der Waals surface area contributed by atoms with Crippen LogP contribution in [0.2, 0.25) is 0 Å². The van der Waals surface area contributed by atoms with E-state index in [0.717, 1.165) is 11.3 Å². The van der Waals surface area contributed by atoms with Gasteiger partial charge in [-0.3, -0.25) is 4.79 Å². The van der Waals surface area contributed by atoms with E-state index >= 15 is 0 Å². The first-order valence-electron chi connectivity index (χ1n) is 10.1. The number of nitrogens with one attached hydrogen (secondary N) is 1. The van der Waals surface area contributed by atoms with Crippen molar-refractivity contribution in [2.45, 2.75) is 6.92 Å². The number of hydrogen-bond acceptors (Lipinski definition) is 4. The van der Waals surface area contributed by atoms with Gasteiger partial charge in [-0.05, 0) is 48.9 Å². The highest BCUT2D eigenvalue weighted by molar-refractivity contribution is 5.93. The maximum absolute atomic E-state index is 12.3.